The summed E-state index contributed by atoms with van der Waals surface area (Å²) in [5, 5.41) is 18.3. The summed E-state index contributed by atoms with van der Waals surface area (Å²) in [6.07, 6.45) is 4.59. The van der Waals surface area contributed by atoms with Gasteiger partial charge in [-0.05, 0) is 44.7 Å². The molecule has 4 N–H and O–H groups in total. The van der Waals surface area contributed by atoms with E-state index < -0.39 is 0 Å². The lowest BCUT2D eigenvalue weighted by atomic mass is 9.84. The minimum atomic E-state index is -0.318. The molecule has 2 unspecified atom stereocenters. The molecule has 1 aromatic carbocycles. The average Bonchev–Trinajstić information content (AvgIpc) is 3.04. The fourth-order valence-electron chi connectivity index (χ4n) is 4.10. The maximum absolute atomic E-state index is 12.8. The molecule has 3 atom stereocenters. The second-order valence-corrected chi connectivity index (χ2v) is 8.05. The van der Waals surface area contributed by atoms with Crippen LogP contribution in [0.4, 0.5) is 0 Å². The van der Waals surface area contributed by atoms with Crippen molar-refractivity contribution in [1.29, 1.82) is 0 Å². The Morgan fingerprint density at radius 2 is 2.07 bits per heavy atom. The fraction of sp³-hybridized carbons (Fsp3) is 0.409. The molecule has 4 rings (SSSR count). The second-order valence-electron chi connectivity index (χ2n) is 8.05. The third kappa shape index (κ3) is 3.96. The van der Waals surface area contributed by atoms with Gasteiger partial charge in [0.25, 0.3) is 5.91 Å². The molecule has 1 saturated carbocycles. The zero-order chi connectivity index (χ0) is 20.5. The summed E-state index contributed by atoms with van der Waals surface area (Å²) in [6.45, 7) is 4.00. The number of aryl methyl sites for hydroxylation is 1. The molecule has 0 spiro atoms. The third-order valence-electron chi connectivity index (χ3n) is 5.80. The van der Waals surface area contributed by atoms with Crippen molar-refractivity contribution in [2.75, 3.05) is 5.84 Å². The molecule has 0 aliphatic heterocycles. The van der Waals surface area contributed by atoms with Crippen LogP contribution in [-0.4, -0.2) is 32.0 Å². The van der Waals surface area contributed by atoms with Gasteiger partial charge in [0.15, 0.2) is 5.65 Å². The number of rotatable bonds is 4. The summed E-state index contributed by atoms with van der Waals surface area (Å²) in [4.78, 5) is 18.5. The summed E-state index contributed by atoms with van der Waals surface area (Å²) in [7, 11) is 0. The Morgan fingerprint density at radius 3 is 2.79 bits per heavy atom. The summed E-state index contributed by atoms with van der Waals surface area (Å²) in [5.41, 5.74) is 4.06. The van der Waals surface area contributed by atoms with Crippen molar-refractivity contribution in [1.82, 2.24) is 20.2 Å². The molecular weight excluding hydrogens is 366 g/mol. The van der Waals surface area contributed by atoms with E-state index in [-0.39, 0.29) is 24.0 Å². The predicted octanol–water partition coefficient (Wildman–Crippen LogP) is 2.96. The highest BCUT2D eigenvalue weighted by Crippen LogP contribution is 2.35. The number of fused-ring (bicyclic) bond motifs is 1. The number of aliphatic hydroxyl groups is 1. The van der Waals surface area contributed by atoms with Gasteiger partial charge < -0.3 is 16.3 Å². The summed E-state index contributed by atoms with van der Waals surface area (Å²) in [5.74, 6) is 5.93. The molecule has 1 aliphatic rings. The van der Waals surface area contributed by atoms with Crippen LogP contribution in [0.25, 0.3) is 11.0 Å². The van der Waals surface area contributed by atoms with Crippen molar-refractivity contribution in [3.05, 3.63) is 58.9 Å². The molecule has 2 aromatic heterocycles. The Bertz CT molecular complexity index is 1030. The molecule has 1 amide bonds. The number of nitrogens with two attached hydrogens (primary N) is 1. The summed E-state index contributed by atoms with van der Waals surface area (Å²) >= 11 is 0. The highest BCUT2D eigenvalue weighted by molar-refractivity contribution is 5.97. The first-order valence-electron chi connectivity index (χ1n) is 10.1. The van der Waals surface area contributed by atoms with Crippen LogP contribution in [0.3, 0.4) is 0 Å². The molecular formula is C22H27N5O2. The van der Waals surface area contributed by atoms with Gasteiger partial charge in [0, 0.05) is 17.5 Å². The van der Waals surface area contributed by atoms with Gasteiger partial charge in [-0.1, -0.05) is 36.2 Å². The fourth-order valence-corrected chi connectivity index (χ4v) is 4.10. The summed E-state index contributed by atoms with van der Waals surface area (Å²) in [6, 6.07) is 9.80. The monoisotopic (exact) mass is 393 g/mol. The maximum Gasteiger partial charge on any atom is 0.253 e. The SMILES string of the molecule is Cc1ccc([C@@H](C)NC(=O)c2cnc3c(c2)c(C2CCCC(O)C2)nn3N)cc1. The van der Waals surface area contributed by atoms with E-state index in [1.165, 1.54) is 16.6 Å². The lowest BCUT2D eigenvalue weighted by molar-refractivity contribution is 0.0939. The number of nitrogen functional groups attached to an aromatic ring is 1. The van der Waals surface area contributed by atoms with Gasteiger partial charge in [-0.3, -0.25) is 4.79 Å². The maximum atomic E-state index is 12.8. The van der Waals surface area contributed by atoms with E-state index in [0.717, 1.165) is 35.9 Å². The van der Waals surface area contributed by atoms with E-state index in [1.54, 1.807) is 0 Å². The first-order chi connectivity index (χ1) is 13.9. The molecule has 0 bridgehead atoms. The Hall–Kier alpha value is -2.93. The molecule has 0 radical (unpaired) electrons. The third-order valence-corrected chi connectivity index (χ3v) is 5.80. The number of pyridine rings is 1. The molecule has 29 heavy (non-hydrogen) atoms. The van der Waals surface area contributed by atoms with Gasteiger partial charge in [0.05, 0.1) is 23.4 Å². The molecule has 1 fully saturated rings. The van der Waals surface area contributed by atoms with Crippen molar-refractivity contribution < 1.29 is 9.90 Å². The van der Waals surface area contributed by atoms with Crippen LogP contribution in [0.5, 0.6) is 0 Å². The van der Waals surface area contributed by atoms with E-state index >= 15 is 0 Å². The van der Waals surface area contributed by atoms with Crippen molar-refractivity contribution in [3.63, 3.8) is 0 Å². The largest absolute Gasteiger partial charge is 0.393 e. The van der Waals surface area contributed by atoms with Crippen LogP contribution >= 0.6 is 0 Å². The van der Waals surface area contributed by atoms with Gasteiger partial charge in [0.1, 0.15) is 0 Å². The van der Waals surface area contributed by atoms with Gasteiger partial charge in [-0.2, -0.15) is 9.89 Å². The molecule has 152 valence electrons. The lowest BCUT2D eigenvalue weighted by Gasteiger charge is -2.24. The number of hydrogen-bond donors (Lipinski definition) is 3. The molecule has 7 heteroatoms. The molecule has 3 aromatic rings. The number of amides is 1. The van der Waals surface area contributed by atoms with Crippen molar-refractivity contribution in [2.45, 2.75) is 57.6 Å². The first kappa shape index (κ1) is 19.4. The van der Waals surface area contributed by atoms with E-state index in [1.807, 2.05) is 44.2 Å². The van der Waals surface area contributed by atoms with E-state index in [0.29, 0.717) is 17.6 Å². The smallest absolute Gasteiger partial charge is 0.253 e. The van der Waals surface area contributed by atoms with Crippen molar-refractivity contribution in [3.8, 4) is 0 Å². The van der Waals surface area contributed by atoms with Crippen LogP contribution in [-0.2, 0) is 0 Å². The van der Waals surface area contributed by atoms with Gasteiger partial charge in [-0.25, -0.2) is 4.98 Å². The number of carbonyl (C=O) groups is 1. The van der Waals surface area contributed by atoms with E-state index in [2.05, 4.69) is 15.4 Å². The van der Waals surface area contributed by atoms with E-state index in [9.17, 15) is 9.90 Å². The zero-order valence-corrected chi connectivity index (χ0v) is 16.8. The molecule has 2 heterocycles. The second kappa shape index (κ2) is 7.83. The number of nitrogens with zero attached hydrogens (tertiary/aromatic N) is 3. The van der Waals surface area contributed by atoms with Gasteiger partial charge in [-0.15, -0.1) is 0 Å². The average molecular weight is 393 g/mol. The highest BCUT2D eigenvalue weighted by atomic mass is 16.3. The van der Waals surface area contributed by atoms with Gasteiger partial charge in [0.2, 0.25) is 0 Å². The van der Waals surface area contributed by atoms with E-state index in [4.69, 9.17) is 5.84 Å². The number of hydrogen-bond acceptors (Lipinski definition) is 5. The minimum Gasteiger partial charge on any atom is -0.393 e. The molecule has 7 nitrogen and oxygen atoms in total. The highest BCUT2D eigenvalue weighted by Gasteiger charge is 2.27. The quantitative estimate of drug-likeness (QED) is 0.591. The molecule has 0 saturated heterocycles. The number of aromatic nitrogens is 3. The lowest BCUT2D eigenvalue weighted by Crippen LogP contribution is -2.26. The van der Waals surface area contributed by atoms with Crippen molar-refractivity contribution in [2.24, 2.45) is 0 Å². The molecule has 1 aliphatic carbocycles. The predicted molar refractivity (Wildman–Crippen MR) is 112 cm³/mol. The summed E-state index contributed by atoms with van der Waals surface area (Å²) < 4.78 is 0. The standard InChI is InChI=1S/C22H27N5O2/c1-13-6-8-15(9-7-13)14(2)25-22(29)17-11-19-20(16-4-3-5-18(28)10-16)26-27(23)21(19)24-12-17/h6-9,11-12,14,16,18,28H,3-5,10,23H2,1-2H3,(H,25,29)/t14-,16?,18?/m1/s1. The zero-order valence-electron chi connectivity index (χ0n) is 16.8. The number of carbonyl (C=O) groups excluding carboxylic acids is 1. The first-order valence-corrected chi connectivity index (χ1v) is 10.1. The van der Waals surface area contributed by atoms with Gasteiger partial charge >= 0.3 is 0 Å². The van der Waals surface area contributed by atoms with Crippen LogP contribution < -0.4 is 11.2 Å². The van der Waals surface area contributed by atoms with Crippen LogP contribution in [0.2, 0.25) is 0 Å². The minimum absolute atomic E-state index is 0.121. The Labute approximate surface area is 169 Å². The van der Waals surface area contributed by atoms with Crippen LogP contribution in [0.15, 0.2) is 36.5 Å². The van der Waals surface area contributed by atoms with Crippen LogP contribution in [0, 0.1) is 6.92 Å². The number of nitrogens with one attached hydrogen (secondary N) is 1. The Morgan fingerprint density at radius 1 is 1.31 bits per heavy atom. The normalized spacial score (nSPS) is 20.5. The van der Waals surface area contributed by atoms with Crippen LogP contribution in [0.1, 0.15) is 71.7 Å². The topological polar surface area (TPSA) is 106 Å². The number of benzene rings is 1. The Kier molecular flexibility index (Phi) is 5.24. The Balaban J connectivity index is 1.59. The van der Waals surface area contributed by atoms with Crippen molar-refractivity contribution >= 4 is 16.9 Å². The number of aliphatic hydroxyl groups excluding tert-OH is 1.